The van der Waals surface area contributed by atoms with Gasteiger partial charge in [0.05, 0.1) is 6.20 Å². The van der Waals surface area contributed by atoms with Gasteiger partial charge in [-0.3, -0.25) is 9.78 Å². The summed E-state index contributed by atoms with van der Waals surface area (Å²) in [6.45, 7) is 1.49. The van der Waals surface area contributed by atoms with Crippen LogP contribution in [0, 0.1) is 0 Å². The van der Waals surface area contributed by atoms with Crippen LogP contribution in [0.4, 0.5) is 0 Å². The van der Waals surface area contributed by atoms with E-state index in [2.05, 4.69) is 9.97 Å². The molecule has 0 bridgehead atoms. The molecule has 4 nitrogen and oxygen atoms in total. The summed E-state index contributed by atoms with van der Waals surface area (Å²) in [4.78, 5) is 19.9. The molecule has 15 heavy (non-hydrogen) atoms. The predicted molar refractivity (Wildman–Crippen MR) is 54.9 cm³/mol. The van der Waals surface area contributed by atoms with E-state index in [-0.39, 0.29) is 5.78 Å². The number of pyridine rings is 1. The molecule has 0 fully saturated rings. The molecule has 5 heteroatoms. The maximum absolute atomic E-state index is 11.0. The molecule has 0 atom stereocenters. The van der Waals surface area contributed by atoms with Gasteiger partial charge in [-0.15, -0.1) is 0 Å². The van der Waals surface area contributed by atoms with Gasteiger partial charge < -0.3 is 4.42 Å². The fourth-order valence-corrected chi connectivity index (χ4v) is 1.67. The zero-order valence-corrected chi connectivity index (χ0v) is 8.82. The van der Waals surface area contributed by atoms with Gasteiger partial charge in [-0.2, -0.15) is 0 Å². The number of hydrogen-bond donors (Lipinski definition) is 0. The molecule has 0 radical (unpaired) electrons. The molecule has 2 rings (SSSR count). The van der Waals surface area contributed by atoms with E-state index in [1.54, 1.807) is 18.5 Å². The van der Waals surface area contributed by atoms with Crippen molar-refractivity contribution in [2.24, 2.45) is 0 Å². The molecular weight excluding hydrogens is 212 g/mol. The van der Waals surface area contributed by atoms with Crippen LogP contribution in [0.1, 0.15) is 17.4 Å². The number of carbonyl (C=O) groups excluding carboxylic acids is 1. The first-order valence-corrected chi connectivity index (χ1v) is 5.11. The second kappa shape index (κ2) is 4.27. The lowest BCUT2D eigenvalue weighted by Crippen LogP contribution is -1.95. The lowest BCUT2D eigenvalue weighted by molar-refractivity contribution is 0.101. The van der Waals surface area contributed by atoms with E-state index in [9.17, 15) is 4.79 Å². The summed E-state index contributed by atoms with van der Waals surface area (Å²) in [5, 5.41) is 0.562. The second-order valence-electron chi connectivity index (χ2n) is 2.84. The van der Waals surface area contributed by atoms with Crippen LogP contribution >= 0.6 is 11.8 Å². The largest absolute Gasteiger partial charge is 0.440 e. The van der Waals surface area contributed by atoms with Crippen LogP contribution < -0.4 is 0 Å². The molecular formula is C10H8N2O2S. The minimum Gasteiger partial charge on any atom is -0.440 e. The van der Waals surface area contributed by atoms with E-state index >= 15 is 0 Å². The fraction of sp³-hybridized carbons (Fsp3) is 0.100. The average molecular weight is 220 g/mol. The Bertz CT molecular complexity index is 451. The normalized spacial score (nSPS) is 10.2. The fourth-order valence-electron chi connectivity index (χ4n) is 1.01. The van der Waals surface area contributed by atoms with Crippen LogP contribution in [-0.4, -0.2) is 15.8 Å². The number of nitrogens with zero attached hydrogens (tertiary/aromatic N) is 2. The number of rotatable bonds is 3. The van der Waals surface area contributed by atoms with Gasteiger partial charge in [-0.1, -0.05) is 0 Å². The molecule has 0 unspecified atom stereocenters. The van der Waals surface area contributed by atoms with Crippen molar-refractivity contribution in [3.8, 4) is 0 Å². The Morgan fingerprint density at radius 3 is 2.80 bits per heavy atom. The highest BCUT2D eigenvalue weighted by molar-refractivity contribution is 7.99. The Hall–Kier alpha value is -1.62. The van der Waals surface area contributed by atoms with Crippen LogP contribution in [0.5, 0.6) is 0 Å². The average Bonchev–Trinajstić information content (AvgIpc) is 2.71. The van der Waals surface area contributed by atoms with Gasteiger partial charge >= 0.3 is 0 Å². The molecule has 76 valence electrons. The molecule has 0 aliphatic carbocycles. The van der Waals surface area contributed by atoms with Crippen molar-refractivity contribution in [3.05, 3.63) is 36.5 Å². The van der Waals surface area contributed by atoms with E-state index < -0.39 is 0 Å². The van der Waals surface area contributed by atoms with Crippen LogP contribution in [0.15, 0.2) is 45.3 Å². The molecule has 0 amide bonds. The van der Waals surface area contributed by atoms with Crippen LogP contribution in [0.2, 0.25) is 0 Å². The highest BCUT2D eigenvalue weighted by Gasteiger charge is 2.04. The Morgan fingerprint density at radius 2 is 2.27 bits per heavy atom. The highest BCUT2D eigenvalue weighted by Crippen LogP contribution is 2.24. The summed E-state index contributed by atoms with van der Waals surface area (Å²) in [5.74, 6) is -0.0392. The third-order valence-corrected chi connectivity index (χ3v) is 2.57. The Kier molecular flexibility index (Phi) is 2.82. The van der Waals surface area contributed by atoms with Gasteiger partial charge in [0.15, 0.2) is 5.78 Å². The van der Waals surface area contributed by atoms with Crippen molar-refractivity contribution in [3.63, 3.8) is 0 Å². The van der Waals surface area contributed by atoms with E-state index in [0.29, 0.717) is 10.9 Å². The monoisotopic (exact) mass is 220 g/mol. The number of Topliss-reactive ketones (excluding diaryl/α,β-unsaturated/α-hetero) is 1. The maximum Gasteiger partial charge on any atom is 0.260 e. The molecule has 2 aromatic rings. The van der Waals surface area contributed by atoms with Gasteiger partial charge in [-0.25, -0.2) is 4.98 Å². The predicted octanol–water partition coefficient (Wildman–Crippen LogP) is 2.42. The van der Waals surface area contributed by atoms with Crippen molar-refractivity contribution in [2.45, 2.75) is 17.0 Å². The van der Waals surface area contributed by atoms with Crippen LogP contribution in [-0.2, 0) is 0 Å². The summed E-state index contributed by atoms with van der Waals surface area (Å²) >= 11 is 1.36. The van der Waals surface area contributed by atoms with Crippen molar-refractivity contribution in [1.29, 1.82) is 0 Å². The molecule has 0 saturated heterocycles. The summed E-state index contributed by atoms with van der Waals surface area (Å²) in [6, 6.07) is 3.51. The third kappa shape index (κ3) is 2.44. The second-order valence-corrected chi connectivity index (χ2v) is 3.86. The lowest BCUT2D eigenvalue weighted by atomic mass is 10.3. The number of ketones is 1. The van der Waals surface area contributed by atoms with Crippen molar-refractivity contribution < 1.29 is 9.21 Å². The minimum atomic E-state index is -0.0392. The first kappa shape index (κ1) is 9.92. The number of aromatic nitrogens is 2. The summed E-state index contributed by atoms with van der Waals surface area (Å²) in [7, 11) is 0. The lowest BCUT2D eigenvalue weighted by Gasteiger charge is -1.97. The molecule has 0 saturated carbocycles. The molecule has 2 heterocycles. The van der Waals surface area contributed by atoms with Crippen molar-refractivity contribution >= 4 is 17.5 Å². The molecule has 0 aliphatic rings. The first-order valence-electron chi connectivity index (χ1n) is 4.30. The Labute approximate surface area is 90.7 Å². The highest BCUT2D eigenvalue weighted by atomic mass is 32.2. The van der Waals surface area contributed by atoms with E-state index in [4.69, 9.17) is 4.42 Å². The minimum absolute atomic E-state index is 0.0392. The molecule has 0 aliphatic heterocycles. The van der Waals surface area contributed by atoms with Gasteiger partial charge in [0, 0.05) is 18.0 Å². The molecule has 0 aromatic carbocycles. The van der Waals surface area contributed by atoms with Gasteiger partial charge in [-0.05, 0) is 23.9 Å². The van der Waals surface area contributed by atoms with E-state index in [1.165, 1.54) is 24.9 Å². The quantitative estimate of drug-likeness (QED) is 0.743. The number of oxazole rings is 1. The zero-order chi connectivity index (χ0) is 10.7. The summed E-state index contributed by atoms with van der Waals surface area (Å²) < 4.78 is 5.07. The zero-order valence-electron chi connectivity index (χ0n) is 8.01. The SMILES string of the molecule is CC(=O)c1ccc(Sc2ncco2)cn1. The van der Waals surface area contributed by atoms with Gasteiger partial charge in [0.25, 0.3) is 5.22 Å². The smallest absolute Gasteiger partial charge is 0.260 e. The van der Waals surface area contributed by atoms with E-state index in [0.717, 1.165) is 4.90 Å². The summed E-state index contributed by atoms with van der Waals surface area (Å²) in [5.41, 5.74) is 0.465. The van der Waals surface area contributed by atoms with E-state index in [1.807, 2.05) is 6.07 Å². The van der Waals surface area contributed by atoms with Crippen LogP contribution in [0.3, 0.4) is 0 Å². The Balaban J connectivity index is 2.14. The Morgan fingerprint density at radius 1 is 1.40 bits per heavy atom. The first-order chi connectivity index (χ1) is 7.25. The van der Waals surface area contributed by atoms with Crippen molar-refractivity contribution in [1.82, 2.24) is 9.97 Å². The molecule has 0 spiro atoms. The molecule has 0 N–H and O–H groups in total. The third-order valence-electron chi connectivity index (χ3n) is 1.71. The summed E-state index contributed by atoms with van der Waals surface area (Å²) in [6.07, 6.45) is 4.73. The molecule has 2 aromatic heterocycles. The van der Waals surface area contributed by atoms with Crippen molar-refractivity contribution in [2.75, 3.05) is 0 Å². The van der Waals surface area contributed by atoms with Gasteiger partial charge in [0.2, 0.25) is 0 Å². The van der Waals surface area contributed by atoms with Crippen LogP contribution in [0.25, 0.3) is 0 Å². The maximum atomic E-state index is 11.0. The standard InChI is InChI=1S/C10H8N2O2S/c1-7(13)9-3-2-8(6-12-9)15-10-11-4-5-14-10/h2-6H,1H3. The number of carbonyl (C=O) groups is 1. The van der Waals surface area contributed by atoms with Gasteiger partial charge in [0.1, 0.15) is 12.0 Å². The number of hydrogen-bond acceptors (Lipinski definition) is 5. The topological polar surface area (TPSA) is 56.0 Å².